The third-order valence-electron chi connectivity index (χ3n) is 7.07. The van der Waals surface area contributed by atoms with Gasteiger partial charge in [0.15, 0.2) is 0 Å². The Labute approximate surface area is 216 Å². The number of sulfonamides is 1. The minimum Gasteiger partial charge on any atom is -0.493 e. The molecule has 1 atom stereocenters. The Balaban J connectivity index is 1.38. The molecule has 0 spiro atoms. The Kier molecular flexibility index (Phi) is 8.22. The fourth-order valence-electron chi connectivity index (χ4n) is 4.60. The number of nitrogens with zero attached hydrogens (tertiary/aromatic N) is 1. The minimum absolute atomic E-state index is 0.0609. The van der Waals surface area contributed by atoms with E-state index in [1.54, 1.807) is 6.07 Å². The minimum atomic E-state index is -3.79. The fourth-order valence-corrected chi connectivity index (χ4v) is 5.47. The summed E-state index contributed by atoms with van der Waals surface area (Å²) in [5.74, 6) is -1.52. The predicted molar refractivity (Wildman–Crippen MR) is 135 cm³/mol. The van der Waals surface area contributed by atoms with Crippen molar-refractivity contribution in [1.82, 2.24) is 9.62 Å². The molecule has 6 nitrogen and oxygen atoms in total. The second kappa shape index (κ2) is 11.0. The third kappa shape index (κ3) is 6.36. The summed E-state index contributed by atoms with van der Waals surface area (Å²) in [6.07, 6.45) is 3.61. The third-order valence-corrected chi connectivity index (χ3v) is 8.66. The molecule has 0 aromatic heterocycles. The number of nitrogens with one attached hydrogen (secondary N) is 1. The summed E-state index contributed by atoms with van der Waals surface area (Å²) >= 11 is 6.25. The first kappa shape index (κ1) is 26.8. The van der Waals surface area contributed by atoms with Crippen LogP contribution in [0.5, 0.6) is 5.75 Å². The molecule has 36 heavy (non-hydrogen) atoms. The van der Waals surface area contributed by atoms with Crippen molar-refractivity contribution >= 4 is 27.5 Å². The highest BCUT2D eigenvalue weighted by molar-refractivity contribution is 7.90. The lowest BCUT2D eigenvalue weighted by atomic mass is 9.95. The molecular weight excluding hydrogens is 510 g/mol. The molecule has 2 aromatic rings. The van der Waals surface area contributed by atoms with E-state index in [0.717, 1.165) is 49.9 Å². The number of hydrogen-bond donors (Lipinski definition) is 1. The normalized spacial score (nSPS) is 18.1. The maximum atomic E-state index is 14.8. The largest absolute Gasteiger partial charge is 0.493 e. The van der Waals surface area contributed by atoms with Gasteiger partial charge in [-0.3, -0.25) is 9.69 Å². The van der Waals surface area contributed by atoms with Crippen LogP contribution in [0.4, 0.5) is 8.78 Å². The second-order valence-corrected chi connectivity index (χ2v) is 12.0. The summed E-state index contributed by atoms with van der Waals surface area (Å²) in [7, 11) is -3.79. The van der Waals surface area contributed by atoms with Crippen molar-refractivity contribution in [3.8, 4) is 5.75 Å². The first-order chi connectivity index (χ1) is 17.1. The Morgan fingerprint density at radius 3 is 2.47 bits per heavy atom. The highest BCUT2D eigenvalue weighted by Crippen LogP contribution is 2.45. The van der Waals surface area contributed by atoms with Gasteiger partial charge in [-0.1, -0.05) is 17.7 Å². The van der Waals surface area contributed by atoms with Gasteiger partial charge in [0, 0.05) is 17.1 Å². The van der Waals surface area contributed by atoms with Crippen LogP contribution in [-0.2, 0) is 10.0 Å². The van der Waals surface area contributed by atoms with E-state index in [1.165, 1.54) is 31.2 Å². The zero-order valence-corrected chi connectivity index (χ0v) is 22.0. The molecule has 1 heterocycles. The SMILES string of the molecule is CCS(=O)(=O)NC(=O)c1cc(C2CC2)c(OCC2CCN(C(C)c3ccc(F)cc3Cl)CC2)cc1F. The van der Waals surface area contributed by atoms with Crippen molar-refractivity contribution in [2.24, 2.45) is 5.92 Å². The molecule has 1 unspecified atom stereocenters. The number of halogens is 3. The number of benzene rings is 2. The van der Waals surface area contributed by atoms with Gasteiger partial charge in [0.05, 0.1) is 17.9 Å². The van der Waals surface area contributed by atoms with E-state index < -0.39 is 21.7 Å². The van der Waals surface area contributed by atoms with Crippen LogP contribution < -0.4 is 9.46 Å². The number of amides is 1. The summed E-state index contributed by atoms with van der Waals surface area (Å²) in [5, 5.41) is 0.423. The lowest BCUT2D eigenvalue weighted by molar-refractivity contribution is 0.0977. The number of carbonyl (C=O) groups is 1. The molecule has 1 aliphatic carbocycles. The molecule has 1 saturated heterocycles. The fraction of sp³-hybridized carbons (Fsp3) is 0.500. The van der Waals surface area contributed by atoms with Gasteiger partial charge in [0.1, 0.15) is 17.4 Å². The smallest absolute Gasteiger partial charge is 0.267 e. The number of ether oxygens (including phenoxy) is 1. The lowest BCUT2D eigenvalue weighted by Crippen LogP contribution is -2.37. The van der Waals surface area contributed by atoms with E-state index in [1.807, 2.05) is 4.72 Å². The first-order valence-electron chi connectivity index (χ1n) is 12.3. The van der Waals surface area contributed by atoms with Crippen LogP contribution >= 0.6 is 11.6 Å². The molecule has 2 aromatic carbocycles. The van der Waals surface area contributed by atoms with Gasteiger partial charge in [-0.15, -0.1) is 0 Å². The van der Waals surface area contributed by atoms with Crippen molar-refractivity contribution in [2.45, 2.75) is 51.5 Å². The maximum Gasteiger partial charge on any atom is 0.267 e. The van der Waals surface area contributed by atoms with Crippen molar-refractivity contribution in [2.75, 3.05) is 25.4 Å². The monoisotopic (exact) mass is 540 g/mol. The van der Waals surface area contributed by atoms with E-state index in [-0.39, 0.29) is 35.0 Å². The maximum absolute atomic E-state index is 14.8. The van der Waals surface area contributed by atoms with Crippen LogP contribution in [-0.4, -0.2) is 44.7 Å². The van der Waals surface area contributed by atoms with Gasteiger partial charge in [-0.05, 0) is 93.8 Å². The number of likely N-dealkylation sites (tertiary alicyclic amines) is 1. The summed E-state index contributed by atoms with van der Waals surface area (Å²) in [6, 6.07) is 7.18. The topological polar surface area (TPSA) is 75.7 Å². The van der Waals surface area contributed by atoms with Crippen LogP contribution in [0, 0.1) is 17.6 Å². The quantitative estimate of drug-likeness (QED) is 0.459. The van der Waals surface area contributed by atoms with Gasteiger partial charge < -0.3 is 4.74 Å². The molecule has 1 N–H and O–H groups in total. The lowest BCUT2D eigenvalue weighted by Gasteiger charge is -2.36. The van der Waals surface area contributed by atoms with Gasteiger partial charge in [-0.25, -0.2) is 21.9 Å². The Bertz CT molecular complexity index is 1230. The summed E-state index contributed by atoms with van der Waals surface area (Å²) < 4.78 is 59.6. The van der Waals surface area contributed by atoms with Crippen molar-refractivity contribution in [3.05, 3.63) is 63.7 Å². The average molecular weight is 541 g/mol. The Morgan fingerprint density at radius 1 is 1.17 bits per heavy atom. The molecule has 196 valence electrons. The first-order valence-corrected chi connectivity index (χ1v) is 14.3. The molecule has 0 radical (unpaired) electrons. The second-order valence-electron chi connectivity index (χ2n) is 9.61. The molecule has 10 heteroatoms. The zero-order chi connectivity index (χ0) is 26.0. The van der Waals surface area contributed by atoms with Crippen molar-refractivity contribution < 1.29 is 26.7 Å². The predicted octanol–water partition coefficient (Wildman–Crippen LogP) is 5.43. The van der Waals surface area contributed by atoms with E-state index in [9.17, 15) is 22.0 Å². The molecule has 1 saturated carbocycles. The van der Waals surface area contributed by atoms with Gasteiger partial charge in [-0.2, -0.15) is 0 Å². The number of carbonyl (C=O) groups excluding carboxylic acids is 1. The van der Waals surface area contributed by atoms with E-state index in [2.05, 4.69) is 11.8 Å². The van der Waals surface area contributed by atoms with E-state index in [0.29, 0.717) is 17.4 Å². The van der Waals surface area contributed by atoms with E-state index >= 15 is 0 Å². The molecular formula is C26H31ClF2N2O4S. The number of piperidine rings is 1. The van der Waals surface area contributed by atoms with Crippen LogP contribution in [0.1, 0.15) is 73.0 Å². The van der Waals surface area contributed by atoms with Crippen LogP contribution in [0.3, 0.4) is 0 Å². The Hall–Kier alpha value is -2.23. The van der Waals surface area contributed by atoms with Gasteiger partial charge >= 0.3 is 0 Å². The summed E-state index contributed by atoms with van der Waals surface area (Å²) in [4.78, 5) is 14.7. The summed E-state index contributed by atoms with van der Waals surface area (Å²) in [5.41, 5.74) is 1.35. The van der Waals surface area contributed by atoms with Gasteiger partial charge in [0.25, 0.3) is 5.91 Å². The standard InChI is InChI=1S/C26H31ClF2N2O4S/c1-3-36(33,34)30-26(32)22-13-21(18-4-5-18)25(14-24(22)29)35-15-17-8-10-31(11-9-17)16(2)20-7-6-19(28)12-23(20)27/h6-7,12-14,16-18H,3-5,8-11,15H2,1-2H3,(H,30,32). The zero-order valence-electron chi connectivity index (χ0n) is 20.4. The molecule has 2 fully saturated rings. The van der Waals surface area contributed by atoms with Gasteiger partial charge in [0.2, 0.25) is 10.0 Å². The average Bonchev–Trinajstić information content (AvgIpc) is 3.68. The highest BCUT2D eigenvalue weighted by atomic mass is 35.5. The molecule has 0 bridgehead atoms. The van der Waals surface area contributed by atoms with Crippen LogP contribution in [0.15, 0.2) is 30.3 Å². The molecule has 4 rings (SSSR count). The Morgan fingerprint density at radius 2 is 1.86 bits per heavy atom. The van der Waals surface area contributed by atoms with Crippen LogP contribution in [0.2, 0.25) is 5.02 Å². The van der Waals surface area contributed by atoms with Crippen molar-refractivity contribution in [3.63, 3.8) is 0 Å². The number of rotatable bonds is 9. The van der Waals surface area contributed by atoms with E-state index in [4.69, 9.17) is 16.3 Å². The number of hydrogen-bond acceptors (Lipinski definition) is 5. The van der Waals surface area contributed by atoms with Crippen molar-refractivity contribution in [1.29, 1.82) is 0 Å². The summed E-state index contributed by atoms with van der Waals surface area (Å²) in [6.45, 7) is 5.55. The molecule has 2 aliphatic rings. The molecule has 1 aliphatic heterocycles. The van der Waals surface area contributed by atoms with Crippen LogP contribution in [0.25, 0.3) is 0 Å². The molecule has 1 amide bonds. The highest BCUT2D eigenvalue weighted by Gasteiger charge is 2.31.